The summed E-state index contributed by atoms with van der Waals surface area (Å²) < 4.78 is 0. The van der Waals surface area contributed by atoms with Gasteiger partial charge in [0.05, 0.1) is 18.5 Å². The van der Waals surface area contributed by atoms with Crippen LogP contribution in [0.4, 0.5) is 0 Å². The number of amides is 1. The molecule has 0 heterocycles. The highest BCUT2D eigenvalue weighted by Gasteiger charge is 2.34. The van der Waals surface area contributed by atoms with Crippen LogP contribution >= 0.6 is 0 Å². The van der Waals surface area contributed by atoms with Gasteiger partial charge in [0.1, 0.15) is 0 Å². The molecular formula is C15H25N3O. The number of carbonyl (C=O) groups is 1. The van der Waals surface area contributed by atoms with Gasteiger partial charge < -0.3 is 5.73 Å². The molecule has 0 aliphatic heterocycles. The lowest BCUT2D eigenvalue weighted by Crippen LogP contribution is -2.49. The molecule has 2 saturated carbocycles. The lowest BCUT2D eigenvalue weighted by molar-refractivity contribution is -0.120. The van der Waals surface area contributed by atoms with E-state index >= 15 is 0 Å². The van der Waals surface area contributed by atoms with Crippen molar-refractivity contribution in [3.05, 3.63) is 0 Å². The van der Waals surface area contributed by atoms with Crippen LogP contribution < -0.4 is 5.73 Å². The van der Waals surface area contributed by atoms with Crippen molar-refractivity contribution in [1.29, 1.82) is 5.26 Å². The van der Waals surface area contributed by atoms with Crippen LogP contribution in [0.5, 0.6) is 0 Å². The van der Waals surface area contributed by atoms with Crippen LogP contribution in [-0.4, -0.2) is 29.4 Å². The highest BCUT2D eigenvalue weighted by molar-refractivity contribution is 5.76. The average molecular weight is 263 g/mol. The molecular weight excluding hydrogens is 238 g/mol. The lowest BCUT2D eigenvalue weighted by Gasteiger charge is -2.37. The van der Waals surface area contributed by atoms with Gasteiger partial charge in [-0.25, -0.2) is 0 Å². The van der Waals surface area contributed by atoms with Crippen molar-refractivity contribution in [3.8, 4) is 6.07 Å². The van der Waals surface area contributed by atoms with Crippen LogP contribution in [0, 0.1) is 17.2 Å². The molecule has 2 aliphatic rings. The largest absolute Gasteiger partial charge is 0.369 e. The maximum Gasteiger partial charge on any atom is 0.231 e. The molecule has 0 bridgehead atoms. The summed E-state index contributed by atoms with van der Waals surface area (Å²) >= 11 is 0. The molecule has 2 atom stereocenters. The Morgan fingerprint density at radius 2 is 1.74 bits per heavy atom. The van der Waals surface area contributed by atoms with E-state index in [-0.39, 0.29) is 17.9 Å². The Morgan fingerprint density at radius 3 is 2.37 bits per heavy atom. The van der Waals surface area contributed by atoms with Crippen LogP contribution in [0.15, 0.2) is 0 Å². The summed E-state index contributed by atoms with van der Waals surface area (Å²) in [6.07, 6.45) is 10.3. The Bertz CT molecular complexity index is 344. The van der Waals surface area contributed by atoms with Crippen molar-refractivity contribution in [1.82, 2.24) is 4.90 Å². The maximum absolute atomic E-state index is 11.4. The van der Waals surface area contributed by atoms with Crippen molar-refractivity contribution in [3.63, 3.8) is 0 Å². The van der Waals surface area contributed by atoms with Gasteiger partial charge in [0.25, 0.3) is 0 Å². The van der Waals surface area contributed by atoms with Crippen molar-refractivity contribution >= 4 is 5.91 Å². The Kier molecular flexibility index (Phi) is 5.21. The number of carbonyl (C=O) groups excluding carboxylic acids is 1. The standard InChI is InChI=1S/C15H25N3O/c16-10-12-6-2-1-3-9-14(12)18(11-15(17)19)13-7-4-5-8-13/h12-14H,1-9,11H2,(H2,17,19). The summed E-state index contributed by atoms with van der Waals surface area (Å²) in [5, 5.41) is 9.42. The van der Waals surface area contributed by atoms with Gasteiger partial charge in [-0.2, -0.15) is 5.26 Å². The number of nitrogens with zero attached hydrogens (tertiary/aromatic N) is 2. The summed E-state index contributed by atoms with van der Waals surface area (Å²) in [7, 11) is 0. The first kappa shape index (κ1) is 14.3. The summed E-state index contributed by atoms with van der Waals surface area (Å²) in [6, 6.07) is 3.18. The SMILES string of the molecule is N#CC1CCCCCC1N(CC(N)=O)C1CCCC1. The fourth-order valence-corrected chi connectivity index (χ4v) is 3.77. The molecule has 106 valence electrons. The van der Waals surface area contributed by atoms with Crippen molar-refractivity contribution in [2.24, 2.45) is 11.7 Å². The van der Waals surface area contributed by atoms with Gasteiger partial charge in [0.15, 0.2) is 0 Å². The monoisotopic (exact) mass is 263 g/mol. The fourth-order valence-electron chi connectivity index (χ4n) is 3.77. The molecule has 0 saturated heterocycles. The smallest absolute Gasteiger partial charge is 0.231 e. The summed E-state index contributed by atoms with van der Waals surface area (Å²) in [6.45, 7) is 0.327. The zero-order chi connectivity index (χ0) is 13.7. The Hall–Kier alpha value is -1.08. The van der Waals surface area contributed by atoms with E-state index in [1.165, 1.54) is 25.7 Å². The van der Waals surface area contributed by atoms with E-state index < -0.39 is 0 Å². The molecule has 0 aromatic carbocycles. The van der Waals surface area contributed by atoms with E-state index in [1.807, 2.05) is 0 Å². The predicted octanol–water partition coefficient (Wildman–Crippen LogP) is 2.19. The molecule has 2 fully saturated rings. The van der Waals surface area contributed by atoms with Crippen LogP contribution in [0.1, 0.15) is 57.8 Å². The minimum absolute atomic E-state index is 0.0717. The number of rotatable bonds is 4. The number of hydrogen-bond donors (Lipinski definition) is 1. The number of hydrogen-bond acceptors (Lipinski definition) is 3. The van der Waals surface area contributed by atoms with Gasteiger partial charge in [-0.3, -0.25) is 9.69 Å². The molecule has 4 heteroatoms. The molecule has 2 aliphatic carbocycles. The first-order chi connectivity index (χ1) is 9.22. The highest BCUT2D eigenvalue weighted by atomic mass is 16.1. The minimum atomic E-state index is -0.257. The molecule has 0 aromatic rings. The van der Waals surface area contributed by atoms with Crippen molar-refractivity contribution < 1.29 is 4.79 Å². The van der Waals surface area contributed by atoms with E-state index in [4.69, 9.17) is 5.73 Å². The van der Waals surface area contributed by atoms with E-state index in [1.54, 1.807) is 0 Å². The van der Waals surface area contributed by atoms with Crippen LogP contribution in [0.2, 0.25) is 0 Å². The molecule has 2 unspecified atom stereocenters. The van der Waals surface area contributed by atoms with E-state index in [2.05, 4.69) is 11.0 Å². The van der Waals surface area contributed by atoms with Gasteiger partial charge in [-0.1, -0.05) is 32.1 Å². The highest BCUT2D eigenvalue weighted by Crippen LogP contribution is 2.32. The fraction of sp³-hybridized carbons (Fsp3) is 0.867. The second-order valence-corrected chi connectivity index (χ2v) is 6.02. The third-order valence-corrected chi connectivity index (χ3v) is 4.70. The van der Waals surface area contributed by atoms with Crippen molar-refractivity contribution in [2.45, 2.75) is 69.9 Å². The van der Waals surface area contributed by atoms with Gasteiger partial charge in [-0.15, -0.1) is 0 Å². The van der Waals surface area contributed by atoms with E-state index in [0.29, 0.717) is 12.6 Å². The summed E-state index contributed by atoms with van der Waals surface area (Å²) in [5.74, 6) is -0.185. The molecule has 19 heavy (non-hydrogen) atoms. The first-order valence-corrected chi connectivity index (χ1v) is 7.66. The molecule has 1 amide bonds. The van der Waals surface area contributed by atoms with E-state index in [9.17, 15) is 10.1 Å². The third-order valence-electron chi connectivity index (χ3n) is 4.70. The second-order valence-electron chi connectivity index (χ2n) is 6.02. The number of nitrogens with two attached hydrogens (primary N) is 1. The zero-order valence-corrected chi connectivity index (χ0v) is 11.7. The van der Waals surface area contributed by atoms with Crippen LogP contribution in [0.3, 0.4) is 0 Å². The minimum Gasteiger partial charge on any atom is -0.369 e. The lowest BCUT2D eigenvalue weighted by atomic mass is 9.93. The second kappa shape index (κ2) is 6.91. The molecule has 0 spiro atoms. The molecule has 0 aromatic heterocycles. The quantitative estimate of drug-likeness (QED) is 0.790. The number of primary amides is 1. The van der Waals surface area contributed by atoms with Crippen LogP contribution in [0.25, 0.3) is 0 Å². The van der Waals surface area contributed by atoms with Gasteiger partial charge in [-0.05, 0) is 25.7 Å². The Balaban J connectivity index is 2.13. The molecule has 4 nitrogen and oxygen atoms in total. The predicted molar refractivity (Wildman–Crippen MR) is 74.1 cm³/mol. The number of nitriles is 1. The zero-order valence-electron chi connectivity index (χ0n) is 11.7. The van der Waals surface area contributed by atoms with Gasteiger partial charge >= 0.3 is 0 Å². The topological polar surface area (TPSA) is 70.1 Å². The third kappa shape index (κ3) is 3.70. The van der Waals surface area contributed by atoms with E-state index in [0.717, 1.165) is 32.1 Å². The average Bonchev–Trinajstić information content (AvgIpc) is 2.80. The Morgan fingerprint density at radius 1 is 1.11 bits per heavy atom. The first-order valence-electron chi connectivity index (χ1n) is 7.66. The normalized spacial score (nSPS) is 29.1. The molecule has 2 rings (SSSR count). The molecule has 2 N–H and O–H groups in total. The summed E-state index contributed by atoms with van der Waals surface area (Å²) in [5.41, 5.74) is 5.43. The van der Waals surface area contributed by atoms with Crippen molar-refractivity contribution in [2.75, 3.05) is 6.54 Å². The Labute approximate surface area is 115 Å². The van der Waals surface area contributed by atoms with Gasteiger partial charge in [0.2, 0.25) is 5.91 Å². The van der Waals surface area contributed by atoms with Gasteiger partial charge in [0, 0.05) is 12.1 Å². The maximum atomic E-state index is 11.4. The van der Waals surface area contributed by atoms with Crippen LogP contribution in [-0.2, 0) is 4.79 Å². The molecule has 0 radical (unpaired) electrons. The summed E-state index contributed by atoms with van der Waals surface area (Å²) in [4.78, 5) is 13.7.